The summed E-state index contributed by atoms with van der Waals surface area (Å²) in [4.78, 5) is 27.9. The summed E-state index contributed by atoms with van der Waals surface area (Å²) in [5.74, 6) is 0.889. The Morgan fingerprint density at radius 2 is 1.72 bits per heavy atom. The van der Waals surface area contributed by atoms with Crippen LogP contribution in [0.2, 0.25) is 0 Å². The summed E-state index contributed by atoms with van der Waals surface area (Å²) in [6.45, 7) is 2.69. The highest BCUT2D eigenvalue weighted by atomic mass is 79.9. The van der Waals surface area contributed by atoms with Gasteiger partial charge in [-0.15, -0.1) is 10.2 Å². The van der Waals surface area contributed by atoms with Crippen LogP contribution in [0.3, 0.4) is 0 Å². The van der Waals surface area contributed by atoms with E-state index in [1.54, 1.807) is 31.3 Å². The van der Waals surface area contributed by atoms with Gasteiger partial charge < -0.3 is 19.7 Å². The van der Waals surface area contributed by atoms with Crippen molar-refractivity contribution in [2.45, 2.75) is 19.8 Å². The Labute approximate surface area is 240 Å². The topological polar surface area (TPSA) is 93.6 Å². The summed E-state index contributed by atoms with van der Waals surface area (Å²) in [6, 6.07) is 20.8. The van der Waals surface area contributed by atoms with Crippen molar-refractivity contribution in [3.8, 4) is 22.1 Å². The number of carbonyl (C=O) groups excluding carboxylic acids is 2. The normalized spacial score (nSPS) is 10.7. The molecule has 0 aliphatic carbocycles. The molecule has 1 N–H and O–H groups in total. The molecule has 1 heterocycles. The number of benzene rings is 3. The third kappa shape index (κ3) is 7.64. The molecular weight excluding hydrogens is 580 g/mol. The van der Waals surface area contributed by atoms with Crippen molar-refractivity contribution in [2.24, 2.45) is 0 Å². The van der Waals surface area contributed by atoms with Gasteiger partial charge in [0.15, 0.2) is 11.5 Å². The van der Waals surface area contributed by atoms with Crippen LogP contribution in [0.4, 0.5) is 5.13 Å². The molecule has 202 valence electrons. The van der Waals surface area contributed by atoms with Crippen molar-refractivity contribution < 1.29 is 19.1 Å². The van der Waals surface area contributed by atoms with Gasteiger partial charge in [0.25, 0.3) is 5.91 Å². The number of nitrogens with zero attached hydrogens (tertiary/aromatic N) is 3. The number of aryl methyl sites for hydroxylation is 1. The zero-order valence-corrected chi connectivity index (χ0v) is 24.3. The summed E-state index contributed by atoms with van der Waals surface area (Å²) < 4.78 is 11.6. The lowest BCUT2D eigenvalue weighted by Gasteiger charge is -2.23. The van der Waals surface area contributed by atoms with E-state index in [1.807, 2.05) is 61.5 Å². The number of anilines is 1. The molecule has 0 radical (unpaired) electrons. The number of hydrogen-bond acceptors (Lipinski definition) is 7. The second-order valence-corrected chi connectivity index (χ2v) is 10.7. The monoisotopic (exact) mass is 608 g/mol. The zero-order valence-electron chi connectivity index (χ0n) is 21.9. The highest BCUT2D eigenvalue weighted by Gasteiger charge is 2.18. The molecule has 0 aliphatic heterocycles. The number of halogens is 1. The molecule has 2 amide bonds. The predicted molar refractivity (Wildman–Crippen MR) is 157 cm³/mol. The summed E-state index contributed by atoms with van der Waals surface area (Å²) in [6.07, 6.45) is 0.702. The van der Waals surface area contributed by atoms with Crippen molar-refractivity contribution in [3.63, 3.8) is 0 Å². The van der Waals surface area contributed by atoms with E-state index in [9.17, 15) is 9.59 Å². The van der Waals surface area contributed by atoms with Crippen LogP contribution in [0.15, 0.2) is 71.2 Å². The van der Waals surface area contributed by atoms with Crippen molar-refractivity contribution in [1.82, 2.24) is 15.1 Å². The zero-order chi connectivity index (χ0) is 27.8. The van der Waals surface area contributed by atoms with Crippen LogP contribution in [0.1, 0.15) is 27.9 Å². The molecule has 4 rings (SSSR count). The second-order valence-electron chi connectivity index (χ2n) is 8.82. The fourth-order valence-corrected chi connectivity index (χ4v) is 5.00. The maximum absolute atomic E-state index is 13.4. The SMILES string of the molecule is COc1ccc(CCN(CCC(=O)Nc2nnc(-c3cccc(C)c3)s2)C(=O)c2ccc(Br)cc2)cc1OC. The average molecular weight is 610 g/mol. The first-order chi connectivity index (χ1) is 18.9. The summed E-state index contributed by atoms with van der Waals surface area (Å²) in [5.41, 5.74) is 3.62. The number of hydrogen-bond donors (Lipinski definition) is 1. The van der Waals surface area contributed by atoms with E-state index in [0.717, 1.165) is 26.2 Å². The van der Waals surface area contributed by atoms with E-state index in [2.05, 4.69) is 31.4 Å². The largest absolute Gasteiger partial charge is 0.493 e. The first kappa shape index (κ1) is 28.3. The fraction of sp³-hybridized carbons (Fsp3) is 0.241. The van der Waals surface area contributed by atoms with E-state index in [-0.39, 0.29) is 24.8 Å². The lowest BCUT2D eigenvalue weighted by molar-refractivity contribution is -0.116. The predicted octanol–water partition coefficient (Wildman–Crippen LogP) is 6.01. The number of methoxy groups -OCH3 is 2. The lowest BCUT2D eigenvalue weighted by atomic mass is 10.1. The molecule has 0 bridgehead atoms. The van der Waals surface area contributed by atoms with E-state index < -0.39 is 0 Å². The molecule has 10 heteroatoms. The highest BCUT2D eigenvalue weighted by Crippen LogP contribution is 2.28. The fourth-order valence-electron chi connectivity index (χ4n) is 3.98. The Morgan fingerprint density at radius 1 is 0.949 bits per heavy atom. The Morgan fingerprint density at radius 3 is 2.44 bits per heavy atom. The first-order valence-electron chi connectivity index (χ1n) is 12.3. The van der Waals surface area contributed by atoms with Crippen molar-refractivity contribution in [2.75, 3.05) is 32.6 Å². The number of amides is 2. The third-order valence-electron chi connectivity index (χ3n) is 6.04. The van der Waals surface area contributed by atoms with Gasteiger partial charge in [-0.1, -0.05) is 57.1 Å². The van der Waals surface area contributed by atoms with Crippen LogP contribution in [-0.2, 0) is 11.2 Å². The number of nitrogens with one attached hydrogen (secondary N) is 1. The van der Waals surface area contributed by atoms with Gasteiger partial charge in [0, 0.05) is 35.1 Å². The maximum Gasteiger partial charge on any atom is 0.253 e. The summed E-state index contributed by atoms with van der Waals surface area (Å²) >= 11 is 4.72. The van der Waals surface area contributed by atoms with Gasteiger partial charge in [0.1, 0.15) is 5.01 Å². The Kier molecular flexibility index (Phi) is 9.67. The van der Waals surface area contributed by atoms with Gasteiger partial charge in [0.2, 0.25) is 11.0 Å². The molecule has 0 saturated carbocycles. The molecule has 8 nitrogen and oxygen atoms in total. The highest BCUT2D eigenvalue weighted by molar-refractivity contribution is 9.10. The number of ether oxygens (including phenoxy) is 2. The van der Waals surface area contributed by atoms with Crippen LogP contribution < -0.4 is 14.8 Å². The smallest absolute Gasteiger partial charge is 0.253 e. The van der Waals surface area contributed by atoms with Crippen molar-refractivity contribution in [1.29, 1.82) is 0 Å². The molecule has 0 fully saturated rings. The summed E-state index contributed by atoms with van der Waals surface area (Å²) in [5, 5.41) is 12.3. The van der Waals surface area contributed by atoms with Crippen molar-refractivity contribution >= 4 is 44.2 Å². The number of carbonyl (C=O) groups is 2. The molecule has 0 aliphatic rings. The van der Waals surface area contributed by atoms with Crippen LogP contribution in [0.25, 0.3) is 10.6 Å². The van der Waals surface area contributed by atoms with Gasteiger partial charge in [-0.25, -0.2) is 0 Å². The van der Waals surface area contributed by atoms with Gasteiger partial charge in [-0.05, 0) is 61.4 Å². The van der Waals surface area contributed by atoms with Gasteiger partial charge in [-0.2, -0.15) is 0 Å². The minimum atomic E-state index is -0.235. The molecular formula is C29H29BrN4O4S. The third-order valence-corrected chi connectivity index (χ3v) is 7.46. The molecule has 0 spiro atoms. The first-order valence-corrected chi connectivity index (χ1v) is 13.9. The van der Waals surface area contributed by atoms with Gasteiger partial charge >= 0.3 is 0 Å². The van der Waals surface area contributed by atoms with Crippen LogP contribution in [0, 0.1) is 6.92 Å². The van der Waals surface area contributed by atoms with Gasteiger partial charge in [0.05, 0.1) is 14.2 Å². The standard InChI is InChI=1S/C29H29BrN4O4S/c1-19-5-4-6-22(17-19)27-32-33-29(39-27)31-26(35)14-16-34(28(36)21-8-10-23(30)11-9-21)15-13-20-7-12-24(37-2)25(18-20)38-3/h4-12,17-18H,13-16H2,1-3H3,(H,31,33,35). The van der Waals surface area contributed by atoms with Gasteiger partial charge in [-0.3, -0.25) is 9.59 Å². The molecule has 0 atom stereocenters. The van der Waals surface area contributed by atoms with E-state index in [0.29, 0.717) is 35.2 Å². The number of rotatable bonds is 11. The second kappa shape index (κ2) is 13.3. The van der Waals surface area contributed by atoms with Crippen LogP contribution >= 0.6 is 27.3 Å². The number of aromatic nitrogens is 2. The average Bonchev–Trinajstić information content (AvgIpc) is 3.41. The Bertz CT molecular complexity index is 1440. The molecule has 3 aromatic carbocycles. The summed E-state index contributed by atoms with van der Waals surface area (Å²) in [7, 11) is 3.18. The van der Waals surface area contributed by atoms with Crippen LogP contribution in [-0.4, -0.2) is 54.2 Å². The lowest BCUT2D eigenvalue weighted by Crippen LogP contribution is -2.35. The maximum atomic E-state index is 13.4. The van der Waals surface area contributed by atoms with E-state index in [4.69, 9.17) is 9.47 Å². The molecule has 0 unspecified atom stereocenters. The minimum absolute atomic E-state index is 0.119. The Balaban J connectivity index is 1.42. The molecule has 39 heavy (non-hydrogen) atoms. The quantitative estimate of drug-likeness (QED) is 0.224. The van der Waals surface area contributed by atoms with E-state index >= 15 is 0 Å². The molecule has 0 saturated heterocycles. The van der Waals surface area contributed by atoms with E-state index in [1.165, 1.54) is 11.3 Å². The van der Waals surface area contributed by atoms with Crippen molar-refractivity contribution in [3.05, 3.63) is 87.9 Å². The minimum Gasteiger partial charge on any atom is -0.493 e. The molecule has 4 aromatic rings. The Hall–Kier alpha value is -3.76. The molecule has 1 aromatic heterocycles. The van der Waals surface area contributed by atoms with Crippen LogP contribution in [0.5, 0.6) is 11.5 Å².